The van der Waals surface area contributed by atoms with Crippen molar-refractivity contribution in [1.29, 1.82) is 0 Å². The van der Waals surface area contributed by atoms with Gasteiger partial charge in [0.1, 0.15) is 0 Å². The van der Waals surface area contributed by atoms with E-state index in [0.29, 0.717) is 0 Å². The first kappa shape index (κ1) is 17.4. The summed E-state index contributed by atoms with van der Waals surface area (Å²) in [7, 11) is -4.00. The average Bonchev–Trinajstić information content (AvgIpc) is 2.56. The predicted octanol–water partition coefficient (Wildman–Crippen LogP) is 3.16. The molecule has 0 bridgehead atoms. The predicted molar refractivity (Wildman–Crippen MR) is 91.9 cm³/mol. The van der Waals surface area contributed by atoms with E-state index in [0.717, 1.165) is 13.1 Å². The summed E-state index contributed by atoms with van der Waals surface area (Å²) in [5.41, 5.74) is 3.00. The standard InChI is InChI=1S/C12H15N.C6H6O3S/c1-2-8-13-9-7-11-5-3-4-6-12(11)10-13;7-10(8,9)6-4-2-1-3-5-6/h2-6H,1,7-10H2;1-5H,(H,7,8,9). The molecular formula is C18H21NO3S. The molecule has 1 aliphatic rings. The number of fused-ring (bicyclic) bond motifs is 1. The zero-order valence-corrected chi connectivity index (χ0v) is 13.7. The summed E-state index contributed by atoms with van der Waals surface area (Å²) in [6.07, 6.45) is 3.16. The lowest BCUT2D eigenvalue weighted by atomic mass is 10.0. The number of benzene rings is 2. The van der Waals surface area contributed by atoms with Crippen molar-refractivity contribution in [3.8, 4) is 0 Å². The van der Waals surface area contributed by atoms with Gasteiger partial charge < -0.3 is 0 Å². The molecule has 1 aliphatic heterocycles. The lowest BCUT2D eigenvalue weighted by molar-refractivity contribution is 0.282. The summed E-state index contributed by atoms with van der Waals surface area (Å²) in [4.78, 5) is 2.35. The van der Waals surface area contributed by atoms with Crippen molar-refractivity contribution in [2.24, 2.45) is 0 Å². The van der Waals surface area contributed by atoms with E-state index in [1.807, 2.05) is 6.08 Å². The van der Waals surface area contributed by atoms with Gasteiger partial charge in [-0.15, -0.1) is 6.58 Å². The van der Waals surface area contributed by atoms with E-state index in [-0.39, 0.29) is 4.90 Å². The molecule has 122 valence electrons. The minimum absolute atomic E-state index is 0.0741. The van der Waals surface area contributed by atoms with Crippen molar-refractivity contribution in [3.63, 3.8) is 0 Å². The van der Waals surface area contributed by atoms with E-state index in [1.54, 1.807) is 18.2 Å². The quantitative estimate of drug-likeness (QED) is 0.693. The molecule has 1 N–H and O–H groups in total. The van der Waals surface area contributed by atoms with Gasteiger partial charge in [-0.3, -0.25) is 9.45 Å². The molecule has 0 amide bonds. The lowest BCUT2D eigenvalue weighted by Crippen LogP contribution is -2.30. The van der Waals surface area contributed by atoms with Gasteiger partial charge in [0.15, 0.2) is 0 Å². The Kier molecular flexibility index (Phi) is 6.10. The van der Waals surface area contributed by atoms with Crippen LogP contribution in [0.2, 0.25) is 0 Å². The first-order chi connectivity index (χ1) is 11.0. The molecule has 2 aromatic rings. The summed E-state index contributed by atoms with van der Waals surface area (Å²) in [6, 6.07) is 16.1. The van der Waals surface area contributed by atoms with Gasteiger partial charge in [0.2, 0.25) is 0 Å². The topological polar surface area (TPSA) is 57.6 Å². The van der Waals surface area contributed by atoms with Crippen LogP contribution >= 0.6 is 0 Å². The zero-order valence-electron chi connectivity index (χ0n) is 12.9. The molecule has 0 saturated carbocycles. The fourth-order valence-corrected chi connectivity index (χ4v) is 2.99. The van der Waals surface area contributed by atoms with E-state index < -0.39 is 10.1 Å². The Labute approximate surface area is 137 Å². The van der Waals surface area contributed by atoms with Crippen LogP contribution in [0.15, 0.2) is 72.1 Å². The third-order valence-electron chi connectivity index (χ3n) is 3.64. The van der Waals surface area contributed by atoms with Gasteiger partial charge in [-0.1, -0.05) is 48.5 Å². The Morgan fingerprint density at radius 2 is 1.65 bits per heavy atom. The van der Waals surface area contributed by atoms with Gasteiger partial charge in [0, 0.05) is 19.6 Å². The number of hydrogen-bond donors (Lipinski definition) is 1. The molecular weight excluding hydrogens is 310 g/mol. The van der Waals surface area contributed by atoms with Crippen LogP contribution in [0.3, 0.4) is 0 Å². The normalized spacial score (nSPS) is 14.3. The lowest BCUT2D eigenvalue weighted by Gasteiger charge is -2.27. The van der Waals surface area contributed by atoms with Crippen LogP contribution in [0, 0.1) is 0 Å². The second kappa shape index (κ2) is 8.06. The summed E-state index contributed by atoms with van der Waals surface area (Å²) in [5, 5.41) is 0. The molecule has 3 rings (SSSR count). The smallest absolute Gasteiger partial charge is 0.294 e. The molecule has 0 spiro atoms. The third kappa shape index (κ3) is 5.32. The second-order valence-electron chi connectivity index (χ2n) is 5.33. The molecule has 1 heterocycles. The molecule has 4 nitrogen and oxygen atoms in total. The average molecular weight is 331 g/mol. The van der Waals surface area contributed by atoms with Crippen LogP contribution in [0.4, 0.5) is 0 Å². The van der Waals surface area contributed by atoms with Gasteiger partial charge >= 0.3 is 0 Å². The number of rotatable bonds is 3. The first-order valence-electron chi connectivity index (χ1n) is 7.43. The van der Waals surface area contributed by atoms with Gasteiger partial charge in [-0.05, 0) is 29.7 Å². The summed E-state index contributed by atoms with van der Waals surface area (Å²) < 4.78 is 29.2. The fraction of sp³-hybridized carbons (Fsp3) is 0.222. The highest BCUT2D eigenvalue weighted by Gasteiger charge is 2.13. The summed E-state index contributed by atoms with van der Waals surface area (Å²) in [5.74, 6) is 0. The van der Waals surface area contributed by atoms with Crippen molar-refractivity contribution in [2.45, 2.75) is 17.9 Å². The summed E-state index contributed by atoms with van der Waals surface area (Å²) in [6.45, 7) is 7.03. The molecule has 5 heteroatoms. The maximum atomic E-state index is 10.4. The van der Waals surface area contributed by atoms with Crippen LogP contribution in [0.5, 0.6) is 0 Å². The molecule has 0 fully saturated rings. The Bertz CT molecular complexity index is 742. The SMILES string of the molecule is C=CCN1CCc2ccccc2C1.O=S(=O)(O)c1ccccc1. The molecule has 0 saturated heterocycles. The van der Waals surface area contributed by atoms with Crippen LogP contribution < -0.4 is 0 Å². The molecule has 2 aromatic carbocycles. The first-order valence-corrected chi connectivity index (χ1v) is 8.87. The van der Waals surface area contributed by atoms with Crippen molar-refractivity contribution in [3.05, 3.63) is 78.4 Å². The minimum atomic E-state index is -4.00. The monoisotopic (exact) mass is 331 g/mol. The molecule has 0 atom stereocenters. The Balaban J connectivity index is 0.000000174. The third-order valence-corrected chi connectivity index (χ3v) is 4.51. The highest BCUT2D eigenvalue weighted by Crippen LogP contribution is 2.17. The van der Waals surface area contributed by atoms with E-state index >= 15 is 0 Å². The van der Waals surface area contributed by atoms with Crippen molar-refractivity contribution >= 4 is 10.1 Å². The Morgan fingerprint density at radius 3 is 2.22 bits per heavy atom. The van der Waals surface area contributed by atoms with Crippen LogP contribution in [-0.4, -0.2) is 31.0 Å². The van der Waals surface area contributed by atoms with Gasteiger partial charge in [-0.2, -0.15) is 8.42 Å². The largest absolute Gasteiger partial charge is 0.295 e. The maximum Gasteiger partial charge on any atom is 0.294 e. The maximum absolute atomic E-state index is 10.4. The van der Waals surface area contributed by atoms with E-state index in [9.17, 15) is 8.42 Å². The van der Waals surface area contributed by atoms with Crippen molar-refractivity contribution in [2.75, 3.05) is 13.1 Å². The zero-order chi connectivity index (χ0) is 16.7. The Hall–Kier alpha value is -1.95. The highest BCUT2D eigenvalue weighted by atomic mass is 32.2. The fourth-order valence-electron chi connectivity index (χ4n) is 2.49. The van der Waals surface area contributed by atoms with Gasteiger partial charge in [0.05, 0.1) is 4.90 Å². The number of nitrogens with zero attached hydrogens (tertiary/aromatic N) is 1. The minimum Gasteiger partial charge on any atom is -0.295 e. The molecule has 0 radical (unpaired) electrons. The van der Waals surface area contributed by atoms with Crippen LogP contribution in [-0.2, 0) is 23.1 Å². The molecule has 0 aliphatic carbocycles. The van der Waals surface area contributed by atoms with E-state index in [1.165, 1.54) is 36.2 Å². The van der Waals surface area contributed by atoms with Crippen molar-refractivity contribution in [1.82, 2.24) is 4.90 Å². The molecule has 0 aromatic heterocycles. The van der Waals surface area contributed by atoms with Crippen molar-refractivity contribution < 1.29 is 13.0 Å². The van der Waals surface area contributed by atoms with E-state index in [2.05, 4.69) is 35.7 Å². The Morgan fingerprint density at radius 1 is 1.04 bits per heavy atom. The van der Waals surface area contributed by atoms with Gasteiger partial charge in [-0.25, -0.2) is 0 Å². The van der Waals surface area contributed by atoms with Crippen LogP contribution in [0.1, 0.15) is 11.1 Å². The van der Waals surface area contributed by atoms with E-state index in [4.69, 9.17) is 4.55 Å². The van der Waals surface area contributed by atoms with Crippen LogP contribution in [0.25, 0.3) is 0 Å². The highest BCUT2D eigenvalue weighted by molar-refractivity contribution is 7.85. The second-order valence-corrected chi connectivity index (χ2v) is 6.75. The number of hydrogen-bond acceptors (Lipinski definition) is 3. The summed E-state index contributed by atoms with van der Waals surface area (Å²) >= 11 is 0. The molecule has 23 heavy (non-hydrogen) atoms. The molecule has 0 unspecified atom stereocenters. The van der Waals surface area contributed by atoms with Gasteiger partial charge in [0.25, 0.3) is 10.1 Å².